The van der Waals surface area contributed by atoms with E-state index in [1.165, 1.54) is 19.5 Å². The van der Waals surface area contributed by atoms with Gasteiger partial charge < -0.3 is 9.72 Å². The highest BCUT2D eigenvalue weighted by molar-refractivity contribution is 9.10. The van der Waals surface area contributed by atoms with Crippen molar-refractivity contribution in [1.82, 2.24) is 9.97 Å². The molecule has 4 nitrogen and oxygen atoms in total. The molecule has 0 saturated carbocycles. The zero-order valence-corrected chi connectivity index (χ0v) is 9.26. The van der Waals surface area contributed by atoms with Gasteiger partial charge in [-0.3, -0.25) is 4.79 Å². The Hall–Kier alpha value is -1.43. The first-order valence-electron chi connectivity index (χ1n) is 4.04. The molecule has 15 heavy (non-hydrogen) atoms. The number of halogens is 2. The van der Waals surface area contributed by atoms with Gasteiger partial charge in [0, 0.05) is 0 Å². The van der Waals surface area contributed by atoms with Crippen molar-refractivity contribution in [3.8, 4) is 5.75 Å². The van der Waals surface area contributed by atoms with E-state index < -0.39 is 11.4 Å². The zero-order valence-electron chi connectivity index (χ0n) is 7.67. The molecule has 0 unspecified atom stereocenters. The molecule has 1 heterocycles. The summed E-state index contributed by atoms with van der Waals surface area (Å²) in [5.41, 5.74) is -0.320. The lowest BCUT2D eigenvalue weighted by Gasteiger charge is -2.05. The van der Waals surface area contributed by atoms with Gasteiger partial charge >= 0.3 is 0 Å². The number of fused-ring (bicyclic) bond motifs is 1. The number of nitrogens with one attached hydrogen (secondary N) is 1. The summed E-state index contributed by atoms with van der Waals surface area (Å²) in [4.78, 5) is 17.6. The molecular weight excluding hydrogens is 267 g/mol. The number of hydrogen-bond acceptors (Lipinski definition) is 3. The SMILES string of the molecule is COc1cc(Br)c(F)c2c(=O)[nH]cnc12. The Kier molecular flexibility index (Phi) is 2.44. The molecule has 2 aromatic rings. The number of rotatable bonds is 1. The first-order chi connectivity index (χ1) is 7.15. The Balaban J connectivity index is 3.03. The second kappa shape index (κ2) is 3.62. The van der Waals surface area contributed by atoms with E-state index in [9.17, 15) is 9.18 Å². The molecule has 1 N–H and O–H groups in total. The van der Waals surface area contributed by atoms with E-state index in [-0.39, 0.29) is 15.4 Å². The third kappa shape index (κ3) is 1.50. The molecule has 0 saturated heterocycles. The lowest BCUT2D eigenvalue weighted by atomic mass is 10.2. The van der Waals surface area contributed by atoms with Crippen molar-refractivity contribution in [3.05, 3.63) is 33.0 Å². The quantitative estimate of drug-likeness (QED) is 0.862. The van der Waals surface area contributed by atoms with Gasteiger partial charge in [-0.15, -0.1) is 0 Å². The van der Waals surface area contributed by atoms with Gasteiger partial charge in [0.2, 0.25) is 0 Å². The van der Waals surface area contributed by atoms with Gasteiger partial charge in [0.25, 0.3) is 5.56 Å². The molecule has 0 amide bonds. The second-order valence-electron chi connectivity index (χ2n) is 2.83. The number of H-pyrrole nitrogens is 1. The average molecular weight is 273 g/mol. The number of hydrogen-bond donors (Lipinski definition) is 1. The van der Waals surface area contributed by atoms with E-state index in [1.807, 2.05) is 0 Å². The molecule has 0 atom stereocenters. The average Bonchev–Trinajstić information content (AvgIpc) is 2.23. The van der Waals surface area contributed by atoms with Gasteiger partial charge in [-0.25, -0.2) is 9.37 Å². The normalized spacial score (nSPS) is 10.6. The maximum atomic E-state index is 13.6. The van der Waals surface area contributed by atoms with Crippen LogP contribution in [0.3, 0.4) is 0 Å². The highest BCUT2D eigenvalue weighted by Crippen LogP contribution is 2.29. The van der Waals surface area contributed by atoms with Crippen molar-refractivity contribution < 1.29 is 9.13 Å². The maximum Gasteiger partial charge on any atom is 0.261 e. The van der Waals surface area contributed by atoms with Crippen LogP contribution in [0.5, 0.6) is 5.75 Å². The van der Waals surface area contributed by atoms with E-state index in [1.54, 1.807) is 0 Å². The van der Waals surface area contributed by atoms with Crippen molar-refractivity contribution in [1.29, 1.82) is 0 Å². The molecule has 78 valence electrons. The zero-order chi connectivity index (χ0) is 11.0. The van der Waals surface area contributed by atoms with Gasteiger partial charge in [0.1, 0.15) is 16.7 Å². The fraction of sp³-hybridized carbons (Fsp3) is 0.111. The molecule has 1 aromatic carbocycles. The summed E-state index contributed by atoms with van der Waals surface area (Å²) >= 11 is 3.01. The van der Waals surface area contributed by atoms with Crippen molar-refractivity contribution in [2.24, 2.45) is 0 Å². The van der Waals surface area contributed by atoms with Crippen LogP contribution in [0.1, 0.15) is 0 Å². The van der Waals surface area contributed by atoms with Crippen LogP contribution in [-0.2, 0) is 0 Å². The smallest absolute Gasteiger partial charge is 0.261 e. The van der Waals surface area contributed by atoms with E-state index in [0.717, 1.165) is 0 Å². The molecule has 0 aliphatic carbocycles. The first-order valence-corrected chi connectivity index (χ1v) is 4.84. The molecule has 0 bridgehead atoms. The van der Waals surface area contributed by atoms with Gasteiger partial charge in [-0.2, -0.15) is 0 Å². The summed E-state index contributed by atoms with van der Waals surface area (Å²) in [6.45, 7) is 0. The van der Waals surface area contributed by atoms with Gasteiger partial charge in [0.15, 0.2) is 5.82 Å². The molecule has 2 rings (SSSR count). The fourth-order valence-corrected chi connectivity index (χ4v) is 1.72. The number of aromatic nitrogens is 2. The summed E-state index contributed by atoms with van der Waals surface area (Å²) in [7, 11) is 1.43. The van der Waals surface area contributed by atoms with Crippen LogP contribution in [0.15, 0.2) is 21.7 Å². The van der Waals surface area contributed by atoms with Gasteiger partial charge in [0.05, 0.1) is 17.9 Å². The third-order valence-corrected chi connectivity index (χ3v) is 2.57. The third-order valence-electron chi connectivity index (χ3n) is 1.99. The molecule has 0 fully saturated rings. The minimum Gasteiger partial charge on any atom is -0.494 e. The molecule has 1 aromatic heterocycles. The topological polar surface area (TPSA) is 55.0 Å². The molecule has 0 aliphatic rings. The van der Waals surface area contributed by atoms with Crippen LogP contribution in [0.25, 0.3) is 10.9 Å². The van der Waals surface area contributed by atoms with Crippen molar-refractivity contribution >= 4 is 26.8 Å². The predicted octanol–water partition coefficient (Wildman–Crippen LogP) is 1.83. The second-order valence-corrected chi connectivity index (χ2v) is 3.68. The summed E-state index contributed by atoms with van der Waals surface area (Å²) in [5.74, 6) is -0.287. The lowest BCUT2D eigenvalue weighted by Crippen LogP contribution is -2.09. The maximum absolute atomic E-state index is 13.6. The Morgan fingerprint density at radius 1 is 1.60 bits per heavy atom. The number of aromatic amines is 1. The molecule has 0 spiro atoms. The van der Waals surface area contributed by atoms with Crippen LogP contribution < -0.4 is 10.3 Å². The molecule has 6 heteroatoms. The fourth-order valence-electron chi connectivity index (χ4n) is 1.31. The monoisotopic (exact) mass is 272 g/mol. The number of benzene rings is 1. The van der Waals surface area contributed by atoms with E-state index in [0.29, 0.717) is 5.75 Å². The largest absolute Gasteiger partial charge is 0.494 e. The van der Waals surface area contributed by atoms with Crippen LogP contribution in [0, 0.1) is 5.82 Å². The van der Waals surface area contributed by atoms with Crippen LogP contribution in [-0.4, -0.2) is 17.1 Å². The predicted molar refractivity (Wildman–Crippen MR) is 56.6 cm³/mol. The molecule has 0 aliphatic heterocycles. The lowest BCUT2D eigenvalue weighted by molar-refractivity contribution is 0.417. The van der Waals surface area contributed by atoms with E-state index >= 15 is 0 Å². The van der Waals surface area contributed by atoms with Crippen molar-refractivity contribution in [2.45, 2.75) is 0 Å². The summed E-state index contributed by atoms with van der Waals surface area (Å²) in [6, 6.07) is 1.43. The van der Waals surface area contributed by atoms with E-state index in [4.69, 9.17) is 4.74 Å². The molecule has 0 radical (unpaired) electrons. The van der Waals surface area contributed by atoms with Crippen molar-refractivity contribution in [2.75, 3.05) is 7.11 Å². The minimum absolute atomic E-state index is 0.108. The minimum atomic E-state index is -0.639. The standard InChI is InChI=1S/C9H6BrFN2O2/c1-15-5-2-4(10)7(11)6-8(5)12-3-13-9(6)14/h2-3H,1H3,(H,12,13,14). The van der Waals surface area contributed by atoms with Crippen LogP contribution in [0.4, 0.5) is 4.39 Å². The Labute approximate surface area is 92.2 Å². The van der Waals surface area contributed by atoms with Gasteiger partial charge in [-0.1, -0.05) is 0 Å². The summed E-state index contributed by atoms with van der Waals surface area (Å²) < 4.78 is 18.8. The number of ether oxygens (including phenoxy) is 1. The first kappa shape index (κ1) is 10.1. The number of nitrogens with zero attached hydrogens (tertiary/aromatic N) is 1. The van der Waals surface area contributed by atoms with Crippen molar-refractivity contribution in [3.63, 3.8) is 0 Å². The summed E-state index contributed by atoms with van der Waals surface area (Å²) in [5, 5.41) is -0.108. The number of methoxy groups -OCH3 is 1. The highest BCUT2D eigenvalue weighted by atomic mass is 79.9. The van der Waals surface area contributed by atoms with E-state index in [2.05, 4.69) is 25.9 Å². The van der Waals surface area contributed by atoms with Crippen LogP contribution >= 0.6 is 15.9 Å². The Morgan fingerprint density at radius 2 is 2.33 bits per heavy atom. The van der Waals surface area contributed by atoms with Gasteiger partial charge in [-0.05, 0) is 22.0 Å². The molecular formula is C9H6BrFN2O2. The van der Waals surface area contributed by atoms with Crippen LogP contribution in [0.2, 0.25) is 0 Å². The highest BCUT2D eigenvalue weighted by Gasteiger charge is 2.14. The Morgan fingerprint density at radius 3 is 3.00 bits per heavy atom. The Bertz CT molecular complexity index is 582. The summed E-state index contributed by atoms with van der Waals surface area (Å²) in [6.07, 6.45) is 1.21.